The predicted octanol–water partition coefficient (Wildman–Crippen LogP) is 2.27. The van der Waals surface area contributed by atoms with E-state index in [9.17, 15) is 13.2 Å². The van der Waals surface area contributed by atoms with Crippen LogP contribution < -0.4 is 10.3 Å². The maximum absolute atomic E-state index is 12.5. The number of hydrogen-bond acceptors (Lipinski definition) is 5. The monoisotopic (exact) mass is 393 g/mol. The molecule has 2 N–H and O–H groups in total. The minimum atomic E-state index is -3.70. The first-order valence-corrected chi connectivity index (χ1v) is 10.9. The van der Waals surface area contributed by atoms with Crippen molar-refractivity contribution in [1.29, 1.82) is 0 Å². The van der Waals surface area contributed by atoms with Gasteiger partial charge >= 0.3 is 0 Å². The molecule has 1 fully saturated rings. The van der Waals surface area contributed by atoms with Crippen LogP contribution in [0.25, 0.3) is 11.3 Å². The minimum absolute atomic E-state index is 0.111. The first kappa shape index (κ1) is 19.9. The Kier molecular flexibility index (Phi) is 6.18. The van der Waals surface area contributed by atoms with Crippen LogP contribution in [0.5, 0.6) is 0 Å². The highest BCUT2D eigenvalue weighted by molar-refractivity contribution is 7.89. The van der Waals surface area contributed by atoms with Crippen molar-refractivity contribution >= 4 is 10.0 Å². The molecule has 2 aromatic heterocycles. The van der Waals surface area contributed by atoms with Gasteiger partial charge in [-0.2, -0.15) is 0 Å². The summed E-state index contributed by atoms with van der Waals surface area (Å²) in [5.74, 6) is 0.426. The maximum Gasteiger partial charge on any atom is 0.274 e. The summed E-state index contributed by atoms with van der Waals surface area (Å²) in [6.07, 6.45) is 4.19. The van der Waals surface area contributed by atoms with Gasteiger partial charge in [0, 0.05) is 29.9 Å². The van der Waals surface area contributed by atoms with Crippen LogP contribution in [0.2, 0.25) is 0 Å². The first-order valence-electron chi connectivity index (χ1n) is 9.45. The molecule has 0 spiro atoms. The summed E-state index contributed by atoms with van der Waals surface area (Å²) < 4.78 is 33.2. The van der Waals surface area contributed by atoms with E-state index in [1.807, 2.05) is 6.92 Å². The Morgan fingerprint density at radius 2 is 1.96 bits per heavy atom. The summed E-state index contributed by atoms with van der Waals surface area (Å²) in [5, 5.41) is -0.111. The van der Waals surface area contributed by atoms with Crippen LogP contribution in [0.3, 0.4) is 0 Å². The van der Waals surface area contributed by atoms with E-state index in [4.69, 9.17) is 4.42 Å². The number of nitrogens with zero attached hydrogens (tertiary/aromatic N) is 1. The summed E-state index contributed by atoms with van der Waals surface area (Å²) in [6.45, 7) is 6.77. The lowest BCUT2D eigenvalue weighted by Crippen LogP contribution is -2.37. The largest absolute Gasteiger partial charge is 0.443 e. The van der Waals surface area contributed by atoms with Crippen LogP contribution in [-0.2, 0) is 16.4 Å². The number of aromatic amines is 1. The number of pyridine rings is 1. The molecule has 3 heterocycles. The van der Waals surface area contributed by atoms with E-state index in [-0.39, 0.29) is 10.7 Å². The Balaban J connectivity index is 1.71. The van der Waals surface area contributed by atoms with Crippen molar-refractivity contribution in [1.82, 2.24) is 14.6 Å². The third kappa shape index (κ3) is 4.69. The second kappa shape index (κ2) is 8.41. The Morgan fingerprint density at radius 3 is 2.67 bits per heavy atom. The molecule has 0 saturated carbocycles. The van der Waals surface area contributed by atoms with Crippen molar-refractivity contribution in [2.24, 2.45) is 0 Å². The van der Waals surface area contributed by atoms with Gasteiger partial charge in [-0.15, -0.1) is 0 Å². The number of sulfonamides is 1. The van der Waals surface area contributed by atoms with E-state index in [0.717, 1.165) is 13.1 Å². The van der Waals surface area contributed by atoms with Crippen LogP contribution in [0, 0.1) is 6.92 Å². The van der Waals surface area contributed by atoms with Gasteiger partial charge in [0.05, 0.1) is 0 Å². The molecule has 148 valence electrons. The van der Waals surface area contributed by atoms with E-state index in [0.29, 0.717) is 42.1 Å². The zero-order valence-corrected chi connectivity index (χ0v) is 16.7. The molecular formula is C19H27N3O4S. The maximum atomic E-state index is 12.5. The number of rotatable bonds is 7. The Bertz CT molecular complexity index is 940. The number of furan rings is 1. The highest BCUT2D eigenvalue weighted by Crippen LogP contribution is 2.26. The zero-order chi connectivity index (χ0) is 19.4. The van der Waals surface area contributed by atoms with Crippen molar-refractivity contribution in [2.45, 2.75) is 44.6 Å². The molecular weight excluding hydrogens is 366 g/mol. The van der Waals surface area contributed by atoms with Gasteiger partial charge in [0.15, 0.2) is 0 Å². The molecule has 0 aromatic carbocycles. The van der Waals surface area contributed by atoms with E-state index in [2.05, 4.69) is 14.6 Å². The quantitative estimate of drug-likeness (QED) is 0.752. The summed E-state index contributed by atoms with van der Waals surface area (Å²) in [4.78, 5) is 16.9. The molecule has 8 heteroatoms. The third-order valence-electron chi connectivity index (χ3n) is 4.98. The van der Waals surface area contributed by atoms with Crippen molar-refractivity contribution < 1.29 is 12.8 Å². The van der Waals surface area contributed by atoms with Gasteiger partial charge in [-0.25, -0.2) is 13.1 Å². The SMILES string of the molecule is CCc1cc(-c2ccc(S(=O)(=O)NCCN3CCCCC3)o2)c(C)[nH]c1=O. The van der Waals surface area contributed by atoms with Gasteiger partial charge < -0.3 is 14.3 Å². The molecule has 1 aliphatic rings. The lowest BCUT2D eigenvalue weighted by Gasteiger charge is -2.26. The number of nitrogens with one attached hydrogen (secondary N) is 2. The van der Waals surface area contributed by atoms with Gasteiger partial charge in [0.2, 0.25) is 5.09 Å². The molecule has 0 atom stereocenters. The topological polar surface area (TPSA) is 95.4 Å². The third-order valence-corrected chi connectivity index (χ3v) is 6.31. The fraction of sp³-hybridized carbons (Fsp3) is 0.526. The van der Waals surface area contributed by atoms with Crippen molar-refractivity contribution in [3.05, 3.63) is 39.8 Å². The van der Waals surface area contributed by atoms with Crippen LogP contribution in [0.15, 0.2) is 32.5 Å². The average molecular weight is 394 g/mol. The molecule has 0 unspecified atom stereocenters. The molecule has 1 aliphatic heterocycles. The first-order chi connectivity index (χ1) is 12.9. The van der Waals surface area contributed by atoms with Crippen LogP contribution in [0.1, 0.15) is 37.4 Å². The number of aromatic nitrogens is 1. The number of H-pyrrole nitrogens is 1. The second-order valence-corrected chi connectivity index (χ2v) is 8.63. The molecule has 2 aromatic rings. The van der Waals surface area contributed by atoms with Gasteiger partial charge in [0.25, 0.3) is 15.6 Å². The Morgan fingerprint density at radius 1 is 1.22 bits per heavy atom. The zero-order valence-electron chi connectivity index (χ0n) is 15.9. The van der Waals surface area contributed by atoms with E-state index < -0.39 is 10.0 Å². The standard InChI is InChI=1S/C19H27N3O4S/c1-3-15-13-16(14(2)21-19(15)23)17-7-8-18(26-17)27(24,25)20-9-12-22-10-5-4-6-11-22/h7-8,13,20H,3-6,9-12H2,1-2H3,(H,21,23). The van der Waals surface area contributed by atoms with E-state index in [1.165, 1.54) is 25.3 Å². The number of piperidine rings is 1. The smallest absolute Gasteiger partial charge is 0.274 e. The molecule has 27 heavy (non-hydrogen) atoms. The van der Waals surface area contributed by atoms with Crippen molar-refractivity contribution in [3.8, 4) is 11.3 Å². The van der Waals surface area contributed by atoms with Gasteiger partial charge in [-0.3, -0.25) is 4.79 Å². The molecule has 0 radical (unpaired) electrons. The summed E-state index contributed by atoms with van der Waals surface area (Å²) >= 11 is 0. The van der Waals surface area contributed by atoms with Gasteiger partial charge in [-0.1, -0.05) is 13.3 Å². The van der Waals surface area contributed by atoms with Crippen LogP contribution >= 0.6 is 0 Å². The molecule has 0 aliphatic carbocycles. The minimum Gasteiger partial charge on any atom is -0.443 e. The highest BCUT2D eigenvalue weighted by atomic mass is 32.2. The van der Waals surface area contributed by atoms with Crippen LogP contribution in [-0.4, -0.2) is 44.5 Å². The fourth-order valence-corrected chi connectivity index (χ4v) is 4.34. The number of likely N-dealkylation sites (tertiary alicyclic amines) is 1. The van der Waals surface area contributed by atoms with Crippen LogP contribution in [0.4, 0.5) is 0 Å². The van der Waals surface area contributed by atoms with E-state index in [1.54, 1.807) is 19.1 Å². The summed E-state index contributed by atoms with van der Waals surface area (Å²) in [6, 6.07) is 4.83. The lowest BCUT2D eigenvalue weighted by molar-refractivity contribution is 0.232. The van der Waals surface area contributed by atoms with E-state index >= 15 is 0 Å². The fourth-order valence-electron chi connectivity index (χ4n) is 3.39. The molecule has 0 amide bonds. The summed E-state index contributed by atoms with van der Waals surface area (Å²) in [5.41, 5.74) is 1.85. The molecule has 1 saturated heterocycles. The molecule has 0 bridgehead atoms. The normalized spacial score (nSPS) is 15.9. The lowest BCUT2D eigenvalue weighted by atomic mass is 10.1. The highest BCUT2D eigenvalue weighted by Gasteiger charge is 2.20. The Labute approximate surface area is 159 Å². The van der Waals surface area contributed by atoms with Gasteiger partial charge in [-0.05, 0) is 57.5 Å². The Hall–Kier alpha value is -1.90. The number of hydrogen-bond donors (Lipinski definition) is 2. The summed E-state index contributed by atoms with van der Waals surface area (Å²) in [7, 11) is -3.70. The predicted molar refractivity (Wildman–Crippen MR) is 104 cm³/mol. The number of aryl methyl sites for hydroxylation is 2. The van der Waals surface area contributed by atoms with Gasteiger partial charge in [0.1, 0.15) is 5.76 Å². The van der Waals surface area contributed by atoms with Crippen molar-refractivity contribution in [3.63, 3.8) is 0 Å². The molecule has 7 nitrogen and oxygen atoms in total. The molecule has 3 rings (SSSR count). The van der Waals surface area contributed by atoms with Crippen molar-refractivity contribution in [2.75, 3.05) is 26.2 Å². The average Bonchev–Trinajstić information content (AvgIpc) is 3.13. The second-order valence-electron chi connectivity index (χ2n) is 6.93.